The molecular formula is C31H51N3O6. The van der Waals surface area contributed by atoms with Crippen molar-refractivity contribution in [2.75, 3.05) is 20.2 Å². The maximum Gasteiger partial charge on any atom is 0.408 e. The Bertz CT molecular complexity index is 939. The van der Waals surface area contributed by atoms with E-state index < -0.39 is 35.7 Å². The molecule has 0 heterocycles. The number of benzene rings is 1. The van der Waals surface area contributed by atoms with Crippen LogP contribution in [-0.2, 0) is 30.3 Å². The van der Waals surface area contributed by atoms with Gasteiger partial charge in [-0.3, -0.25) is 14.4 Å². The summed E-state index contributed by atoms with van der Waals surface area (Å²) < 4.78 is 10.1. The number of aryl methyl sites for hydroxylation is 1. The van der Waals surface area contributed by atoms with Crippen molar-refractivity contribution in [1.29, 1.82) is 0 Å². The van der Waals surface area contributed by atoms with Crippen LogP contribution in [0.2, 0.25) is 0 Å². The third-order valence-electron chi connectivity index (χ3n) is 6.54. The zero-order valence-electron chi connectivity index (χ0n) is 25.8. The molecule has 2 unspecified atom stereocenters. The zero-order chi connectivity index (χ0) is 30.3. The Morgan fingerprint density at radius 3 is 2.05 bits per heavy atom. The second-order valence-corrected chi connectivity index (χ2v) is 11.5. The number of esters is 1. The topological polar surface area (TPSA) is 114 Å². The van der Waals surface area contributed by atoms with Crippen LogP contribution < -0.4 is 10.6 Å². The van der Waals surface area contributed by atoms with E-state index >= 15 is 0 Å². The molecule has 0 aliphatic rings. The first-order valence-corrected chi connectivity index (χ1v) is 14.6. The molecule has 1 rings (SSSR count). The van der Waals surface area contributed by atoms with Crippen molar-refractivity contribution >= 4 is 23.9 Å². The molecular weight excluding hydrogens is 510 g/mol. The number of hydrogen-bond donors (Lipinski definition) is 2. The van der Waals surface area contributed by atoms with E-state index in [1.165, 1.54) is 12.0 Å². The van der Waals surface area contributed by atoms with Gasteiger partial charge in [0.2, 0.25) is 11.8 Å². The normalized spacial score (nSPS) is 12.8. The fourth-order valence-electron chi connectivity index (χ4n) is 4.29. The van der Waals surface area contributed by atoms with Crippen LogP contribution in [0.4, 0.5) is 4.79 Å². The minimum absolute atomic E-state index is 0.270. The molecule has 0 aliphatic heterocycles. The van der Waals surface area contributed by atoms with E-state index in [4.69, 9.17) is 9.47 Å². The Labute approximate surface area is 240 Å². The number of amides is 3. The third-order valence-corrected chi connectivity index (χ3v) is 6.54. The molecule has 3 amide bonds. The van der Waals surface area contributed by atoms with Gasteiger partial charge in [0.05, 0.1) is 7.11 Å². The summed E-state index contributed by atoms with van der Waals surface area (Å²) in [6, 6.07) is 5.63. The summed E-state index contributed by atoms with van der Waals surface area (Å²) >= 11 is 0. The van der Waals surface area contributed by atoms with Gasteiger partial charge in [-0.25, -0.2) is 4.79 Å². The van der Waals surface area contributed by atoms with Gasteiger partial charge in [0.15, 0.2) is 0 Å². The fraction of sp³-hybridized carbons (Fsp3) is 0.677. The van der Waals surface area contributed by atoms with Gasteiger partial charge in [-0.2, -0.15) is 0 Å². The van der Waals surface area contributed by atoms with Gasteiger partial charge in [-0.1, -0.05) is 84.1 Å². The van der Waals surface area contributed by atoms with Crippen LogP contribution in [-0.4, -0.2) is 60.6 Å². The molecule has 9 nitrogen and oxygen atoms in total. The summed E-state index contributed by atoms with van der Waals surface area (Å²) in [5.74, 6) is -1.73. The summed E-state index contributed by atoms with van der Waals surface area (Å²) in [7, 11) is 1.25. The van der Waals surface area contributed by atoms with E-state index in [0.717, 1.165) is 44.1 Å². The van der Waals surface area contributed by atoms with Gasteiger partial charge in [-0.15, -0.1) is 0 Å². The van der Waals surface area contributed by atoms with E-state index in [-0.39, 0.29) is 18.4 Å². The Hall–Kier alpha value is -3.10. The zero-order valence-corrected chi connectivity index (χ0v) is 25.8. The largest absolute Gasteiger partial charge is 0.468 e. The number of methoxy groups -OCH3 is 1. The average Bonchev–Trinajstić information content (AvgIpc) is 2.90. The van der Waals surface area contributed by atoms with Gasteiger partial charge in [0.25, 0.3) is 0 Å². The summed E-state index contributed by atoms with van der Waals surface area (Å²) in [6.07, 6.45) is 6.16. The molecule has 0 aliphatic carbocycles. The summed E-state index contributed by atoms with van der Waals surface area (Å²) in [6.45, 7) is 13.1. The molecule has 0 saturated carbocycles. The molecule has 0 aromatic heterocycles. The van der Waals surface area contributed by atoms with E-state index in [1.807, 2.05) is 45.0 Å². The first-order chi connectivity index (χ1) is 18.8. The second-order valence-electron chi connectivity index (χ2n) is 11.5. The predicted molar refractivity (Wildman–Crippen MR) is 157 cm³/mol. The Balaban J connectivity index is 3.44. The molecule has 0 fully saturated rings. The number of nitrogens with zero attached hydrogens (tertiary/aromatic N) is 1. The van der Waals surface area contributed by atoms with Crippen molar-refractivity contribution < 1.29 is 28.7 Å². The lowest BCUT2D eigenvalue weighted by molar-refractivity contribution is -0.145. The molecule has 1 aromatic carbocycles. The van der Waals surface area contributed by atoms with Gasteiger partial charge >= 0.3 is 12.1 Å². The average molecular weight is 562 g/mol. The summed E-state index contributed by atoms with van der Waals surface area (Å²) in [4.78, 5) is 53.8. The van der Waals surface area contributed by atoms with Crippen LogP contribution in [0.1, 0.15) is 104 Å². The number of alkyl carbamates (subject to hydrolysis) is 1. The molecule has 2 atom stereocenters. The van der Waals surface area contributed by atoms with E-state index in [0.29, 0.717) is 18.5 Å². The van der Waals surface area contributed by atoms with E-state index in [2.05, 4.69) is 17.6 Å². The maximum atomic E-state index is 14.2. The van der Waals surface area contributed by atoms with Crippen molar-refractivity contribution in [2.45, 2.75) is 111 Å². The number of hydrogen-bond acceptors (Lipinski definition) is 6. The van der Waals surface area contributed by atoms with Crippen LogP contribution in [0.15, 0.2) is 24.3 Å². The highest BCUT2D eigenvalue weighted by Crippen LogP contribution is 2.25. The van der Waals surface area contributed by atoms with Crippen molar-refractivity contribution in [3.8, 4) is 0 Å². The molecule has 0 saturated heterocycles. The number of rotatable bonds is 16. The third kappa shape index (κ3) is 12.4. The van der Waals surface area contributed by atoms with Crippen molar-refractivity contribution in [1.82, 2.24) is 15.5 Å². The van der Waals surface area contributed by atoms with Gasteiger partial charge in [0, 0.05) is 6.54 Å². The number of carbonyl (C=O) groups excluding carboxylic acids is 4. The number of ether oxygens (including phenoxy) is 2. The first-order valence-electron chi connectivity index (χ1n) is 14.6. The maximum absolute atomic E-state index is 14.2. The molecule has 0 spiro atoms. The molecule has 1 aromatic rings. The van der Waals surface area contributed by atoms with Crippen LogP contribution in [0.25, 0.3) is 0 Å². The number of nitrogens with one attached hydrogen (secondary N) is 2. The molecule has 2 N–H and O–H groups in total. The van der Waals surface area contributed by atoms with Gasteiger partial charge in [0.1, 0.15) is 24.2 Å². The lowest BCUT2D eigenvalue weighted by atomic mass is 9.97. The van der Waals surface area contributed by atoms with E-state index in [9.17, 15) is 19.2 Å². The molecule has 0 bridgehead atoms. The Morgan fingerprint density at radius 1 is 0.925 bits per heavy atom. The molecule has 9 heteroatoms. The quantitative estimate of drug-likeness (QED) is 0.209. The van der Waals surface area contributed by atoms with Crippen LogP contribution in [0.3, 0.4) is 0 Å². The fourth-order valence-corrected chi connectivity index (χ4v) is 4.29. The minimum atomic E-state index is -1.000. The lowest BCUT2D eigenvalue weighted by Gasteiger charge is -2.35. The monoisotopic (exact) mass is 561 g/mol. The second kappa shape index (κ2) is 17.6. The smallest absolute Gasteiger partial charge is 0.408 e. The van der Waals surface area contributed by atoms with Gasteiger partial charge in [-0.05, 0) is 50.7 Å². The lowest BCUT2D eigenvalue weighted by Crippen LogP contribution is -2.55. The molecule has 226 valence electrons. The minimum Gasteiger partial charge on any atom is -0.468 e. The summed E-state index contributed by atoms with van der Waals surface area (Å²) in [5, 5.41) is 5.37. The Morgan fingerprint density at radius 2 is 1.52 bits per heavy atom. The van der Waals surface area contributed by atoms with Crippen molar-refractivity contribution in [2.24, 2.45) is 5.92 Å². The van der Waals surface area contributed by atoms with Crippen LogP contribution >= 0.6 is 0 Å². The Kier molecular flexibility index (Phi) is 15.3. The summed E-state index contributed by atoms with van der Waals surface area (Å²) in [5.41, 5.74) is 0.987. The van der Waals surface area contributed by atoms with Crippen LogP contribution in [0.5, 0.6) is 0 Å². The highest BCUT2D eigenvalue weighted by molar-refractivity contribution is 5.93. The number of unbranched alkanes of at least 4 members (excludes halogenated alkanes) is 5. The van der Waals surface area contributed by atoms with Crippen LogP contribution in [0, 0.1) is 5.92 Å². The van der Waals surface area contributed by atoms with Crippen molar-refractivity contribution in [3.63, 3.8) is 0 Å². The SMILES string of the molecule is CCCCCCCCN(C(=O)C(NC(=O)OC(C)(C)C)C(C)C)C(C(=O)NCC(=O)OC)c1ccc(CC)cc1. The van der Waals surface area contributed by atoms with Gasteiger partial charge < -0.3 is 25.0 Å². The number of carbonyl (C=O) groups is 4. The molecule has 40 heavy (non-hydrogen) atoms. The van der Waals surface area contributed by atoms with E-state index in [1.54, 1.807) is 20.8 Å². The predicted octanol–water partition coefficient (Wildman–Crippen LogP) is 5.32. The highest BCUT2D eigenvalue weighted by Gasteiger charge is 2.37. The highest BCUT2D eigenvalue weighted by atomic mass is 16.6. The van der Waals surface area contributed by atoms with Crippen molar-refractivity contribution in [3.05, 3.63) is 35.4 Å². The first kappa shape index (κ1) is 34.9. The molecule has 0 radical (unpaired) electrons. The standard InChI is InChI=1S/C31H51N3O6/c1-9-11-12-13-14-15-20-34(29(37)26(22(3)4)33-30(38)40-31(5,6)7)27(28(36)32-21-25(35)39-8)24-18-16-23(10-2)17-19-24/h16-19,22,26-27H,9-15,20-21H2,1-8H3,(H,32,36)(H,33,38).